The Labute approximate surface area is 126 Å². The summed E-state index contributed by atoms with van der Waals surface area (Å²) in [7, 11) is 1.52. The van der Waals surface area contributed by atoms with Gasteiger partial charge in [0, 0.05) is 39.9 Å². The Hall–Kier alpha value is -0.0900. The smallest absolute Gasteiger partial charge is 0.270 e. The van der Waals surface area contributed by atoms with Crippen molar-refractivity contribution >= 4 is 47.6 Å². The van der Waals surface area contributed by atoms with Gasteiger partial charge in [-0.1, -0.05) is 17.7 Å². The quantitative estimate of drug-likeness (QED) is 0.237. The molecule has 1 aromatic carbocycles. The van der Waals surface area contributed by atoms with Gasteiger partial charge >= 0.3 is 0 Å². The van der Waals surface area contributed by atoms with Gasteiger partial charge in [-0.3, -0.25) is 14.8 Å². The number of nitrogens with zero attached hydrogens (tertiary/aromatic N) is 1. The van der Waals surface area contributed by atoms with E-state index in [4.69, 9.17) is 16.3 Å². The summed E-state index contributed by atoms with van der Waals surface area (Å²) >= 11 is 8.11. The highest BCUT2D eigenvalue weighted by Gasteiger charge is 2.08. The lowest BCUT2D eigenvalue weighted by Crippen LogP contribution is -2.12. The number of nitrogens with one attached hydrogen (secondary N) is 1. The molecule has 0 spiro atoms. The van der Waals surface area contributed by atoms with E-state index in [2.05, 4.69) is 25.9 Å². The minimum atomic E-state index is -0.459. The molecule has 1 N–H and O–H groups in total. The van der Waals surface area contributed by atoms with E-state index in [1.54, 1.807) is 6.07 Å². The van der Waals surface area contributed by atoms with Crippen LogP contribution in [0.25, 0.3) is 0 Å². The van der Waals surface area contributed by atoms with Crippen molar-refractivity contribution in [3.63, 3.8) is 0 Å². The number of nitro benzene ring substituents is 1. The largest absolute Gasteiger partial charge is 0.380 e. The number of hydrogen-bond donors (Lipinski definition) is 1. The van der Waals surface area contributed by atoms with Crippen LogP contribution in [-0.2, 0) is 11.2 Å². The van der Waals surface area contributed by atoms with Crippen LogP contribution in [-0.4, -0.2) is 24.7 Å². The van der Waals surface area contributed by atoms with Crippen LogP contribution in [0.1, 0.15) is 5.56 Å². The molecule has 0 aromatic heterocycles. The molecule has 0 aliphatic rings. The molecular weight excluding hydrogens is 391 g/mol. The van der Waals surface area contributed by atoms with Crippen molar-refractivity contribution in [1.29, 1.82) is 0 Å². The second-order valence-electron chi connectivity index (χ2n) is 3.37. The van der Waals surface area contributed by atoms with E-state index >= 15 is 0 Å². The molecule has 8 heteroatoms. The average molecular weight is 403 g/mol. The van der Waals surface area contributed by atoms with Crippen LogP contribution in [0.4, 0.5) is 5.69 Å². The molecule has 0 saturated carbocycles. The maximum atomic E-state index is 10.5. The Bertz CT molecular complexity index is 409. The fraction of sp³-hybridized carbons (Fsp3) is 0.400. The van der Waals surface area contributed by atoms with Crippen molar-refractivity contribution in [3.8, 4) is 0 Å². The third-order valence-corrected chi connectivity index (χ3v) is 3.77. The van der Waals surface area contributed by atoms with E-state index in [9.17, 15) is 10.1 Å². The highest BCUT2D eigenvalue weighted by Crippen LogP contribution is 2.22. The molecular formula is C10H12ClIN2O3S. The minimum Gasteiger partial charge on any atom is -0.380 e. The molecule has 1 rings (SSSR count). The second-order valence-corrected chi connectivity index (χ2v) is 5.54. The molecule has 0 aliphatic heterocycles. The summed E-state index contributed by atoms with van der Waals surface area (Å²) in [5, 5.41) is 10.9. The summed E-state index contributed by atoms with van der Waals surface area (Å²) in [6, 6.07) is 4.49. The fourth-order valence-corrected chi connectivity index (χ4v) is 2.38. The van der Waals surface area contributed by atoms with Gasteiger partial charge in [0.05, 0.1) is 23.2 Å². The van der Waals surface area contributed by atoms with Crippen molar-refractivity contribution in [2.75, 3.05) is 19.8 Å². The first-order valence-electron chi connectivity index (χ1n) is 5.16. The van der Waals surface area contributed by atoms with Crippen LogP contribution in [0.2, 0.25) is 5.02 Å². The molecule has 1 aromatic rings. The zero-order chi connectivity index (χ0) is 13.4. The molecule has 100 valence electrons. The highest BCUT2D eigenvalue weighted by molar-refractivity contribution is 14.2. The summed E-state index contributed by atoms with van der Waals surface area (Å²) < 4.78 is 8.46. The van der Waals surface area contributed by atoms with Crippen molar-refractivity contribution in [1.82, 2.24) is 4.72 Å². The van der Waals surface area contributed by atoms with Gasteiger partial charge < -0.3 is 4.74 Å². The van der Waals surface area contributed by atoms with Gasteiger partial charge in [0.1, 0.15) is 0 Å². The van der Waals surface area contributed by atoms with Gasteiger partial charge in [-0.2, -0.15) is 0 Å². The number of halogens is 2. The van der Waals surface area contributed by atoms with Gasteiger partial charge in [-0.05, 0) is 21.1 Å². The molecule has 0 bridgehead atoms. The summed E-state index contributed by atoms with van der Waals surface area (Å²) in [6.07, 6.45) is 0.647. The topological polar surface area (TPSA) is 64.4 Å². The van der Waals surface area contributed by atoms with Crippen molar-refractivity contribution in [2.24, 2.45) is 0 Å². The van der Waals surface area contributed by atoms with Crippen molar-refractivity contribution in [3.05, 3.63) is 38.9 Å². The van der Waals surface area contributed by atoms with Gasteiger partial charge in [-0.15, -0.1) is 0 Å². The lowest BCUT2D eigenvalue weighted by molar-refractivity contribution is -0.384. The summed E-state index contributed by atoms with van der Waals surface area (Å²) in [5.41, 5.74) is 0.867. The molecule has 0 heterocycles. The zero-order valence-corrected chi connectivity index (χ0v) is 13.1. The minimum absolute atomic E-state index is 0.00735. The molecule has 0 amide bonds. The van der Waals surface area contributed by atoms with Crippen molar-refractivity contribution in [2.45, 2.75) is 6.42 Å². The maximum absolute atomic E-state index is 10.5. The van der Waals surface area contributed by atoms with Crippen LogP contribution >= 0.6 is 41.9 Å². The number of ether oxygens (including phenoxy) is 1. The lowest BCUT2D eigenvalue weighted by atomic mass is 10.1. The third kappa shape index (κ3) is 5.70. The molecule has 0 atom stereocenters. The summed E-state index contributed by atoms with van der Waals surface area (Å²) in [4.78, 5) is 10.1. The molecule has 0 unspecified atom stereocenters. The van der Waals surface area contributed by atoms with Gasteiger partial charge in [0.2, 0.25) is 0 Å². The first-order valence-corrected chi connectivity index (χ1v) is 8.90. The Kier molecular flexibility index (Phi) is 7.91. The number of non-ortho nitro benzene ring substituents is 1. The highest BCUT2D eigenvalue weighted by atomic mass is 127. The summed E-state index contributed by atoms with van der Waals surface area (Å²) in [5.74, 6) is 0. The maximum Gasteiger partial charge on any atom is 0.270 e. The third-order valence-electron chi connectivity index (χ3n) is 2.17. The van der Waals surface area contributed by atoms with Crippen LogP contribution in [0.15, 0.2) is 18.2 Å². The molecule has 0 aliphatic carbocycles. The fourth-order valence-electron chi connectivity index (χ4n) is 1.29. The van der Waals surface area contributed by atoms with Crippen LogP contribution in [0, 0.1) is 10.1 Å². The van der Waals surface area contributed by atoms with Gasteiger partial charge in [0.25, 0.3) is 5.69 Å². The lowest BCUT2D eigenvalue weighted by Gasteiger charge is -2.05. The number of benzene rings is 1. The van der Waals surface area contributed by atoms with E-state index < -0.39 is 4.92 Å². The van der Waals surface area contributed by atoms with E-state index in [0.29, 0.717) is 24.7 Å². The molecule has 0 saturated heterocycles. The monoisotopic (exact) mass is 402 g/mol. The Morgan fingerprint density at radius 2 is 2.28 bits per heavy atom. The Balaban J connectivity index is 2.36. The number of nitro groups is 1. The number of hydrogen-bond acceptors (Lipinski definition) is 5. The molecule has 0 radical (unpaired) electrons. The first-order chi connectivity index (χ1) is 8.65. The first kappa shape index (κ1) is 16.0. The van der Waals surface area contributed by atoms with E-state index in [1.165, 1.54) is 21.3 Å². The van der Waals surface area contributed by atoms with Crippen LogP contribution < -0.4 is 4.72 Å². The predicted octanol–water partition coefficient (Wildman–Crippen LogP) is 3.40. The predicted molar refractivity (Wildman–Crippen MR) is 82.2 cm³/mol. The Morgan fingerprint density at radius 3 is 2.89 bits per heavy atom. The SMILES string of the molecule is O=[N+]([O-])c1ccc(CCOCCNSI)c(Cl)c1. The van der Waals surface area contributed by atoms with E-state index in [-0.39, 0.29) is 5.69 Å². The van der Waals surface area contributed by atoms with Gasteiger partial charge in [-0.25, -0.2) is 0 Å². The Morgan fingerprint density at radius 1 is 1.50 bits per heavy atom. The number of rotatable bonds is 8. The van der Waals surface area contributed by atoms with E-state index in [0.717, 1.165) is 12.1 Å². The zero-order valence-electron chi connectivity index (χ0n) is 9.40. The van der Waals surface area contributed by atoms with Crippen LogP contribution in [0.5, 0.6) is 0 Å². The molecule has 18 heavy (non-hydrogen) atoms. The average Bonchev–Trinajstić information content (AvgIpc) is 2.35. The van der Waals surface area contributed by atoms with E-state index in [1.807, 2.05) is 0 Å². The van der Waals surface area contributed by atoms with Gasteiger partial charge in [0.15, 0.2) is 0 Å². The molecule has 5 nitrogen and oxygen atoms in total. The second kappa shape index (κ2) is 8.92. The summed E-state index contributed by atoms with van der Waals surface area (Å²) in [6.45, 7) is 1.95. The van der Waals surface area contributed by atoms with Crippen molar-refractivity contribution < 1.29 is 9.66 Å². The van der Waals surface area contributed by atoms with Crippen LogP contribution in [0.3, 0.4) is 0 Å². The normalized spacial score (nSPS) is 10.6. The molecule has 0 fully saturated rings. The standard InChI is InChI=1S/C10H12ClIN2O3S/c11-10-7-9(14(15)16)2-1-8(10)3-5-17-6-4-13-18-12/h1-2,7,13H,3-6H2.